The molecule has 4 heteroatoms. The lowest BCUT2D eigenvalue weighted by atomic mass is 9.80. The minimum Gasteiger partial charge on any atom is -0.389 e. The molecular weight excluding hydrogens is 204 g/mol. The first-order valence-electron chi connectivity index (χ1n) is 5.78. The summed E-state index contributed by atoms with van der Waals surface area (Å²) in [4.78, 5) is 11.4. The van der Waals surface area contributed by atoms with Crippen molar-refractivity contribution >= 4 is 0 Å². The molecule has 2 N–H and O–H groups in total. The van der Waals surface area contributed by atoms with Crippen molar-refractivity contribution in [2.45, 2.75) is 31.4 Å². The summed E-state index contributed by atoms with van der Waals surface area (Å²) in [5.74, 6) is 0. The average Bonchev–Trinajstić information content (AvgIpc) is 2.24. The fraction of sp³-hybridized carbons (Fsp3) is 0.583. The van der Waals surface area contributed by atoms with Crippen molar-refractivity contribution in [1.29, 1.82) is 0 Å². The third-order valence-electron chi connectivity index (χ3n) is 3.17. The van der Waals surface area contributed by atoms with Crippen LogP contribution in [0, 0.1) is 0 Å². The Kier molecular flexibility index (Phi) is 3.41. The molecule has 0 radical (unpaired) electrons. The molecule has 0 amide bonds. The Bertz CT molecular complexity index is 396. The van der Waals surface area contributed by atoms with Crippen LogP contribution in [0.3, 0.4) is 0 Å². The Morgan fingerprint density at radius 2 is 2.25 bits per heavy atom. The summed E-state index contributed by atoms with van der Waals surface area (Å²) < 4.78 is 1.66. The molecule has 0 bridgehead atoms. The van der Waals surface area contributed by atoms with Crippen LogP contribution < -0.4 is 10.9 Å². The number of nitrogens with one attached hydrogen (secondary N) is 1. The van der Waals surface area contributed by atoms with Gasteiger partial charge in [0.15, 0.2) is 0 Å². The second kappa shape index (κ2) is 4.80. The minimum absolute atomic E-state index is 0.0201. The van der Waals surface area contributed by atoms with Gasteiger partial charge in [0.05, 0.1) is 5.60 Å². The minimum atomic E-state index is -0.484. The number of hydrogen-bond acceptors (Lipinski definition) is 3. The Morgan fingerprint density at radius 1 is 1.44 bits per heavy atom. The number of aromatic nitrogens is 1. The molecule has 4 nitrogen and oxygen atoms in total. The van der Waals surface area contributed by atoms with E-state index in [2.05, 4.69) is 5.32 Å². The summed E-state index contributed by atoms with van der Waals surface area (Å²) in [6, 6.07) is 5.14. The van der Waals surface area contributed by atoms with Gasteiger partial charge in [-0.3, -0.25) is 4.79 Å². The third kappa shape index (κ3) is 2.71. The standard InChI is InChI=1S/C12H18N2O2/c15-11-4-1-2-8-14(11)9-7-13-10-12(16)5-3-6-12/h1-2,4,8,13,16H,3,5-7,9-10H2. The van der Waals surface area contributed by atoms with E-state index in [0.717, 1.165) is 19.3 Å². The van der Waals surface area contributed by atoms with Gasteiger partial charge in [-0.05, 0) is 25.3 Å². The molecule has 88 valence electrons. The van der Waals surface area contributed by atoms with Crippen molar-refractivity contribution in [3.8, 4) is 0 Å². The lowest BCUT2D eigenvalue weighted by Gasteiger charge is -2.36. The van der Waals surface area contributed by atoms with Crippen LogP contribution in [0.2, 0.25) is 0 Å². The van der Waals surface area contributed by atoms with E-state index in [1.807, 2.05) is 6.07 Å². The molecule has 0 saturated heterocycles. The van der Waals surface area contributed by atoms with Crippen LogP contribution in [0.4, 0.5) is 0 Å². The molecule has 1 aliphatic rings. The van der Waals surface area contributed by atoms with Crippen LogP contribution in [-0.2, 0) is 6.54 Å². The first-order valence-corrected chi connectivity index (χ1v) is 5.78. The van der Waals surface area contributed by atoms with E-state index in [-0.39, 0.29) is 5.56 Å². The number of pyridine rings is 1. The molecule has 1 heterocycles. The van der Waals surface area contributed by atoms with E-state index < -0.39 is 5.60 Å². The highest BCUT2D eigenvalue weighted by Gasteiger charge is 2.33. The van der Waals surface area contributed by atoms with Gasteiger partial charge in [0.2, 0.25) is 0 Å². The zero-order chi connectivity index (χ0) is 11.4. The van der Waals surface area contributed by atoms with Gasteiger partial charge in [-0.2, -0.15) is 0 Å². The van der Waals surface area contributed by atoms with Gasteiger partial charge < -0.3 is 15.0 Å². The van der Waals surface area contributed by atoms with Crippen LogP contribution in [0.1, 0.15) is 19.3 Å². The number of hydrogen-bond donors (Lipinski definition) is 2. The molecule has 1 aromatic rings. The van der Waals surface area contributed by atoms with Crippen LogP contribution >= 0.6 is 0 Å². The van der Waals surface area contributed by atoms with Gasteiger partial charge in [-0.15, -0.1) is 0 Å². The smallest absolute Gasteiger partial charge is 0.250 e. The Labute approximate surface area is 94.9 Å². The third-order valence-corrected chi connectivity index (χ3v) is 3.17. The summed E-state index contributed by atoms with van der Waals surface area (Å²) in [7, 11) is 0. The topological polar surface area (TPSA) is 54.3 Å². The van der Waals surface area contributed by atoms with Crippen molar-refractivity contribution in [1.82, 2.24) is 9.88 Å². The highest BCUT2D eigenvalue weighted by Crippen LogP contribution is 2.30. The molecule has 1 fully saturated rings. The summed E-state index contributed by atoms with van der Waals surface area (Å²) in [6.07, 6.45) is 4.69. The van der Waals surface area contributed by atoms with Gasteiger partial charge in [-0.1, -0.05) is 6.07 Å². The molecule has 0 unspecified atom stereocenters. The zero-order valence-corrected chi connectivity index (χ0v) is 9.35. The fourth-order valence-electron chi connectivity index (χ4n) is 1.93. The molecule has 1 saturated carbocycles. The Hall–Kier alpha value is -1.13. The Balaban J connectivity index is 1.72. The van der Waals surface area contributed by atoms with Crippen molar-refractivity contribution in [3.63, 3.8) is 0 Å². The lowest BCUT2D eigenvalue weighted by Crippen LogP contribution is -2.47. The maximum Gasteiger partial charge on any atom is 0.250 e. The first kappa shape index (κ1) is 11.4. The maximum absolute atomic E-state index is 11.4. The molecule has 0 atom stereocenters. The fourth-order valence-corrected chi connectivity index (χ4v) is 1.93. The SMILES string of the molecule is O=c1ccccn1CCNCC1(O)CCC1. The summed E-state index contributed by atoms with van der Waals surface area (Å²) in [5, 5.41) is 13.0. The Morgan fingerprint density at radius 3 is 2.88 bits per heavy atom. The zero-order valence-electron chi connectivity index (χ0n) is 9.35. The number of rotatable bonds is 5. The highest BCUT2D eigenvalue weighted by molar-refractivity contribution is 4.93. The molecule has 16 heavy (non-hydrogen) atoms. The molecule has 0 aliphatic heterocycles. The summed E-state index contributed by atoms with van der Waals surface area (Å²) in [6.45, 7) is 2.00. The summed E-state index contributed by atoms with van der Waals surface area (Å²) >= 11 is 0. The number of nitrogens with zero attached hydrogens (tertiary/aromatic N) is 1. The molecule has 0 aromatic carbocycles. The maximum atomic E-state index is 11.4. The van der Waals surface area contributed by atoms with Gasteiger partial charge in [0, 0.05) is 31.9 Å². The van der Waals surface area contributed by atoms with Crippen LogP contribution in [0.15, 0.2) is 29.2 Å². The average molecular weight is 222 g/mol. The molecule has 1 aliphatic carbocycles. The summed E-state index contributed by atoms with van der Waals surface area (Å²) in [5.41, 5.74) is -0.464. The predicted octanol–water partition coefficient (Wildman–Crippen LogP) is 0.353. The first-order chi connectivity index (χ1) is 7.70. The van der Waals surface area contributed by atoms with Crippen LogP contribution in [0.5, 0.6) is 0 Å². The quantitative estimate of drug-likeness (QED) is 0.707. The van der Waals surface area contributed by atoms with Crippen molar-refractivity contribution in [2.75, 3.05) is 13.1 Å². The number of aliphatic hydroxyl groups is 1. The van der Waals surface area contributed by atoms with E-state index in [1.54, 1.807) is 22.9 Å². The highest BCUT2D eigenvalue weighted by atomic mass is 16.3. The normalized spacial score (nSPS) is 18.1. The second-order valence-electron chi connectivity index (χ2n) is 4.49. The second-order valence-corrected chi connectivity index (χ2v) is 4.49. The van der Waals surface area contributed by atoms with Gasteiger partial charge in [-0.25, -0.2) is 0 Å². The lowest BCUT2D eigenvalue weighted by molar-refractivity contribution is -0.0312. The van der Waals surface area contributed by atoms with Crippen LogP contribution in [0.25, 0.3) is 0 Å². The molecule has 1 aromatic heterocycles. The predicted molar refractivity (Wildman–Crippen MR) is 62.4 cm³/mol. The molecule has 2 rings (SSSR count). The molecule has 0 spiro atoms. The van der Waals surface area contributed by atoms with E-state index in [4.69, 9.17) is 0 Å². The van der Waals surface area contributed by atoms with E-state index >= 15 is 0 Å². The van der Waals surface area contributed by atoms with Gasteiger partial charge >= 0.3 is 0 Å². The molecular formula is C12H18N2O2. The van der Waals surface area contributed by atoms with Crippen LogP contribution in [-0.4, -0.2) is 28.4 Å². The van der Waals surface area contributed by atoms with E-state index in [9.17, 15) is 9.90 Å². The monoisotopic (exact) mass is 222 g/mol. The largest absolute Gasteiger partial charge is 0.389 e. The van der Waals surface area contributed by atoms with Crippen molar-refractivity contribution in [2.24, 2.45) is 0 Å². The van der Waals surface area contributed by atoms with Crippen molar-refractivity contribution < 1.29 is 5.11 Å². The van der Waals surface area contributed by atoms with Gasteiger partial charge in [0.1, 0.15) is 0 Å². The van der Waals surface area contributed by atoms with E-state index in [0.29, 0.717) is 19.6 Å². The van der Waals surface area contributed by atoms with Gasteiger partial charge in [0.25, 0.3) is 5.56 Å². The van der Waals surface area contributed by atoms with E-state index in [1.165, 1.54) is 0 Å². The van der Waals surface area contributed by atoms with Crippen molar-refractivity contribution in [3.05, 3.63) is 34.7 Å².